The summed E-state index contributed by atoms with van der Waals surface area (Å²) < 4.78 is 4.04. The van der Waals surface area contributed by atoms with Gasteiger partial charge in [-0.25, -0.2) is 0 Å². The third-order valence-electron chi connectivity index (χ3n) is 4.03. The van der Waals surface area contributed by atoms with Crippen LogP contribution in [0.15, 0.2) is 18.6 Å². The molecule has 1 fully saturated rings. The molecule has 0 unspecified atom stereocenters. The second-order valence-corrected chi connectivity index (χ2v) is 5.40. The van der Waals surface area contributed by atoms with E-state index < -0.39 is 0 Å². The van der Waals surface area contributed by atoms with Gasteiger partial charge in [-0.3, -0.25) is 9.36 Å². The zero-order valence-corrected chi connectivity index (χ0v) is 11.6. The Morgan fingerprint density at radius 2 is 2.05 bits per heavy atom. The van der Waals surface area contributed by atoms with Crippen molar-refractivity contribution < 1.29 is 0 Å². The van der Waals surface area contributed by atoms with Gasteiger partial charge in [-0.05, 0) is 25.3 Å². The number of hydrogen-bond donors (Lipinski definition) is 1. The standard InChI is InChI=1S/C14H21N5/c1-11-7-16-18(2)14(11)9-15-12-8-17-19(10-12)13-5-3-4-6-13/h7-8,10,13,15H,3-6,9H2,1-2H3. The highest BCUT2D eigenvalue weighted by Crippen LogP contribution is 2.29. The third kappa shape index (κ3) is 2.50. The van der Waals surface area contributed by atoms with Gasteiger partial charge in [0, 0.05) is 13.2 Å². The average molecular weight is 259 g/mol. The molecule has 1 aliphatic carbocycles. The summed E-state index contributed by atoms with van der Waals surface area (Å²) in [5.74, 6) is 0. The fourth-order valence-electron chi connectivity index (χ4n) is 2.81. The van der Waals surface area contributed by atoms with Crippen LogP contribution in [0.25, 0.3) is 0 Å². The second-order valence-electron chi connectivity index (χ2n) is 5.40. The average Bonchev–Trinajstić information content (AvgIpc) is 3.10. The van der Waals surface area contributed by atoms with E-state index >= 15 is 0 Å². The van der Waals surface area contributed by atoms with Crippen molar-refractivity contribution in [2.24, 2.45) is 7.05 Å². The Morgan fingerprint density at radius 1 is 1.26 bits per heavy atom. The number of aromatic nitrogens is 4. The number of aryl methyl sites for hydroxylation is 2. The van der Waals surface area contributed by atoms with Crippen molar-refractivity contribution in [3.63, 3.8) is 0 Å². The van der Waals surface area contributed by atoms with Gasteiger partial charge in [-0.2, -0.15) is 10.2 Å². The maximum Gasteiger partial charge on any atom is 0.0729 e. The first-order valence-electron chi connectivity index (χ1n) is 6.99. The zero-order chi connectivity index (χ0) is 13.2. The zero-order valence-electron chi connectivity index (χ0n) is 11.6. The molecule has 5 heteroatoms. The lowest BCUT2D eigenvalue weighted by Gasteiger charge is -2.09. The van der Waals surface area contributed by atoms with E-state index in [0.717, 1.165) is 12.2 Å². The predicted molar refractivity (Wildman–Crippen MR) is 75.0 cm³/mol. The molecule has 0 spiro atoms. The Labute approximate surface area is 113 Å². The molecule has 102 valence electrons. The Kier molecular flexibility index (Phi) is 3.27. The van der Waals surface area contributed by atoms with Gasteiger partial charge in [0.25, 0.3) is 0 Å². The molecule has 2 aromatic heterocycles. The van der Waals surface area contributed by atoms with Gasteiger partial charge in [-0.15, -0.1) is 0 Å². The second kappa shape index (κ2) is 5.07. The Bertz CT molecular complexity index is 528. The highest BCUT2D eigenvalue weighted by Gasteiger charge is 2.17. The van der Waals surface area contributed by atoms with Crippen molar-refractivity contribution in [3.8, 4) is 0 Å². The van der Waals surface area contributed by atoms with E-state index in [-0.39, 0.29) is 0 Å². The molecule has 5 nitrogen and oxygen atoms in total. The molecule has 0 aliphatic heterocycles. The molecule has 2 heterocycles. The van der Waals surface area contributed by atoms with Crippen LogP contribution < -0.4 is 5.32 Å². The van der Waals surface area contributed by atoms with E-state index in [0.29, 0.717) is 6.04 Å². The Balaban J connectivity index is 1.64. The first-order chi connectivity index (χ1) is 9.24. The number of nitrogens with one attached hydrogen (secondary N) is 1. The van der Waals surface area contributed by atoms with Crippen LogP contribution in [-0.2, 0) is 13.6 Å². The third-order valence-corrected chi connectivity index (χ3v) is 4.03. The number of hydrogen-bond acceptors (Lipinski definition) is 3. The van der Waals surface area contributed by atoms with Crippen molar-refractivity contribution in [2.45, 2.75) is 45.2 Å². The monoisotopic (exact) mass is 259 g/mol. The van der Waals surface area contributed by atoms with E-state index in [1.807, 2.05) is 24.1 Å². The highest BCUT2D eigenvalue weighted by atomic mass is 15.3. The highest BCUT2D eigenvalue weighted by molar-refractivity contribution is 5.39. The molecule has 0 radical (unpaired) electrons. The summed E-state index contributed by atoms with van der Waals surface area (Å²) in [4.78, 5) is 0. The van der Waals surface area contributed by atoms with Gasteiger partial charge in [-0.1, -0.05) is 12.8 Å². The number of rotatable bonds is 4. The van der Waals surface area contributed by atoms with Crippen molar-refractivity contribution in [1.82, 2.24) is 19.6 Å². The lowest BCUT2D eigenvalue weighted by Crippen LogP contribution is -2.07. The summed E-state index contributed by atoms with van der Waals surface area (Å²) in [6, 6.07) is 0.606. The maximum atomic E-state index is 4.47. The molecule has 0 aromatic carbocycles. The summed E-state index contributed by atoms with van der Waals surface area (Å²) in [5.41, 5.74) is 3.53. The SMILES string of the molecule is Cc1cnn(C)c1CNc1cnn(C2CCCC2)c1. The fraction of sp³-hybridized carbons (Fsp3) is 0.571. The summed E-state index contributed by atoms with van der Waals surface area (Å²) in [7, 11) is 1.98. The molecule has 19 heavy (non-hydrogen) atoms. The van der Waals surface area contributed by atoms with Crippen LogP contribution in [0.2, 0.25) is 0 Å². The predicted octanol–water partition coefficient (Wildman–Crippen LogP) is 2.65. The van der Waals surface area contributed by atoms with Gasteiger partial charge in [0.1, 0.15) is 0 Å². The van der Waals surface area contributed by atoms with E-state index in [2.05, 4.69) is 33.3 Å². The lowest BCUT2D eigenvalue weighted by atomic mass is 10.2. The molecular weight excluding hydrogens is 238 g/mol. The fourth-order valence-corrected chi connectivity index (χ4v) is 2.81. The molecule has 0 amide bonds. The topological polar surface area (TPSA) is 47.7 Å². The molecule has 0 bridgehead atoms. The number of nitrogens with zero attached hydrogens (tertiary/aromatic N) is 4. The van der Waals surface area contributed by atoms with Crippen LogP contribution in [0.1, 0.15) is 43.0 Å². The van der Waals surface area contributed by atoms with Crippen molar-refractivity contribution >= 4 is 5.69 Å². The van der Waals surface area contributed by atoms with E-state index in [1.165, 1.54) is 36.9 Å². The van der Waals surface area contributed by atoms with Crippen LogP contribution in [0.3, 0.4) is 0 Å². The largest absolute Gasteiger partial charge is 0.377 e. The van der Waals surface area contributed by atoms with E-state index in [4.69, 9.17) is 0 Å². The van der Waals surface area contributed by atoms with E-state index in [9.17, 15) is 0 Å². The van der Waals surface area contributed by atoms with E-state index in [1.54, 1.807) is 0 Å². The Morgan fingerprint density at radius 3 is 2.74 bits per heavy atom. The van der Waals surface area contributed by atoms with Crippen molar-refractivity contribution in [1.29, 1.82) is 0 Å². The van der Waals surface area contributed by atoms with Crippen LogP contribution in [0, 0.1) is 6.92 Å². The van der Waals surface area contributed by atoms with Gasteiger partial charge in [0.15, 0.2) is 0 Å². The van der Waals surface area contributed by atoms with Gasteiger partial charge in [0.2, 0.25) is 0 Å². The minimum absolute atomic E-state index is 0.606. The summed E-state index contributed by atoms with van der Waals surface area (Å²) in [6.45, 7) is 2.88. The Hall–Kier alpha value is -1.78. The minimum atomic E-state index is 0.606. The molecule has 1 aliphatic rings. The quantitative estimate of drug-likeness (QED) is 0.918. The van der Waals surface area contributed by atoms with Gasteiger partial charge < -0.3 is 5.32 Å². The lowest BCUT2D eigenvalue weighted by molar-refractivity contribution is 0.467. The molecular formula is C14H21N5. The van der Waals surface area contributed by atoms with Crippen LogP contribution in [-0.4, -0.2) is 19.6 Å². The molecule has 0 saturated heterocycles. The van der Waals surface area contributed by atoms with Crippen LogP contribution >= 0.6 is 0 Å². The van der Waals surface area contributed by atoms with Crippen molar-refractivity contribution in [2.75, 3.05) is 5.32 Å². The number of anilines is 1. The minimum Gasteiger partial charge on any atom is -0.377 e. The molecule has 3 rings (SSSR count). The molecule has 1 N–H and O–H groups in total. The summed E-state index contributed by atoms with van der Waals surface area (Å²) in [6.07, 6.45) is 11.2. The summed E-state index contributed by atoms with van der Waals surface area (Å²) in [5, 5.41) is 12.2. The first-order valence-corrected chi connectivity index (χ1v) is 6.99. The smallest absolute Gasteiger partial charge is 0.0729 e. The molecule has 2 aromatic rings. The van der Waals surface area contributed by atoms with Gasteiger partial charge >= 0.3 is 0 Å². The molecule has 1 saturated carbocycles. The van der Waals surface area contributed by atoms with Gasteiger partial charge in [0.05, 0.1) is 36.4 Å². The van der Waals surface area contributed by atoms with Crippen LogP contribution in [0.5, 0.6) is 0 Å². The summed E-state index contributed by atoms with van der Waals surface area (Å²) >= 11 is 0. The first kappa shape index (κ1) is 12.3. The maximum absolute atomic E-state index is 4.47. The normalized spacial score (nSPS) is 16.1. The molecule has 0 atom stereocenters. The van der Waals surface area contributed by atoms with Crippen LogP contribution in [0.4, 0.5) is 5.69 Å². The van der Waals surface area contributed by atoms with Crippen molar-refractivity contribution in [3.05, 3.63) is 29.8 Å².